The quantitative estimate of drug-likeness (QED) is 0.744. The smallest absolute Gasteiger partial charge is 0.206 e. The van der Waals surface area contributed by atoms with Crippen molar-refractivity contribution in [1.29, 1.82) is 0 Å². The first-order valence-corrected chi connectivity index (χ1v) is 5.64. The van der Waals surface area contributed by atoms with Crippen molar-refractivity contribution in [2.24, 2.45) is 7.05 Å². The van der Waals surface area contributed by atoms with Crippen molar-refractivity contribution >= 4 is 17.1 Å². The largest absolute Gasteiger partial charge is 0.288 e. The number of rotatable bonds is 3. The first-order valence-electron chi connectivity index (χ1n) is 4.82. The first kappa shape index (κ1) is 10.1. The number of carbonyl (C=O) groups excluding carboxylic acids is 1. The van der Waals surface area contributed by atoms with Crippen LogP contribution in [-0.2, 0) is 13.5 Å². The van der Waals surface area contributed by atoms with Crippen LogP contribution in [0.4, 0.5) is 0 Å². The Balaban J connectivity index is 2.28. The minimum atomic E-state index is 0.0628. The van der Waals surface area contributed by atoms with Crippen LogP contribution in [0.1, 0.15) is 27.0 Å². The van der Waals surface area contributed by atoms with Crippen LogP contribution in [0.5, 0.6) is 0 Å². The van der Waals surface area contributed by atoms with Crippen molar-refractivity contribution in [3.8, 4) is 0 Å². The zero-order valence-corrected chi connectivity index (χ0v) is 9.54. The van der Waals surface area contributed by atoms with Crippen LogP contribution in [0.15, 0.2) is 24.5 Å². The SMILES string of the molecule is CCc1ccc(C(=O)c2cnn(C)c2)s1. The molecule has 0 aliphatic heterocycles. The van der Waals surface area contributed by atoms with Gasteiger partial charge in [-0.05, 0) is 18.6 Å². The van der Waals surface area contributed by atoms with Crippen molar-refractivity contribution in [3.63, 3.8) is 0 Å². The van der Waals surface area contributed by atoms with Gasteiger partial charge in [0.25, 0.3) is 0 Å². The van der Waals surface area contributed by atoms with Crippen LogP contribution >= 0.6 is 11.3 Å². The van der Waals surface area contributed by atoms with Crippen LogP contribution in [-0.4, -0.2) is 15.6 Å². The number of hydrogen-bond donors (Lipinski definition) is 0. The van der Waals surface area contributed by atoms with E-state index in [1.54, 1.807) is 28.4 Å². The molecule has 78 valence electrons. The average Bonchev–Trinajstić information content (AvgIpc) is 2.84. The summed E-state index contributed by atoms with van der Waals surface area (Å²) in [4.78, 5) is 14.0. The van der Waals surface area contributed by atoms with Crippen molar-refractivity contribution in [1.82, 2.24) is 9.78 Å². The fraction of sp³-hybridized carbons (Fsp3) is 0.273. The molecule has 2 aromatic heterocycles. The molecule has 0 aliphatic carbocycles. The van der Waals surface area contributed by atoms with Gasteiger partial charge in [-0.25, -0.2) is 0 Å². The molecule has 0 amide bonds. The molecular weight excluding hydrogens is 208 g/mol. The second-order valence-corrected chi connectivity index (χ2v) is 4.52. The second-order valence-electron chi connectivity index (χ2n) is 3.35. The summed E-state index contributed by atoms with van der Waals surface area (Å²) in [5.41, 5.74) is 0.655. The van der Waals surface area contributed by atoms with E-state index in [2.05, 4.69) is 12.0 Å². The van der Waals surface area contributed by atoms with Crippen molar-refractivity contribution in [3.05, 3.63) is 39.8 Å². The van der Waals surface area contributed by atoms with E-state index in [9.17, 15) is 4.79 Å². The number of aromatic nitrogens is 2. The lowest BCUT2D eigenvalue weighted by atomic mass is 10.2. The first-order chi connectivity index (χ1) is 7.20. The zero-order valence-electron chi connectivity index (χ0n) is 8.73. The highest BCUT2D eigenvalue weighted by atomic mass is 32.1. The molecule has 0 aromatic carbocycles. The van der Waals surface area contributed by atoms with E-state index in [1.807, 2.05) is 19.2 Å². The molecule has 0 atom stereocenters. The maximum atomic E-state index is 11.9. The minimum absolute atomic E-state index is 0.0628. The molecule has 0 saturated carbocycles. The number of carbonyl (C=O) groups is 1. The molecule has 0 saturated heterocycles. The van der Waals surface area contributed by atoms with E-state index in [-0.39, 0.29) is 5.78 Å². The van der Waals surface area contributed by atoms with Crippen LogP contribution in [0.3, 0.4) is 0 Å². The Morgan fingerprint density at radius 3 is 2.87 bits per heavy atom. The van der Waals surface area contributed by atoms with Crippen molar-refractivity contribution in [2.75, 3.05) is 0 Å². The Morgan fingerprint density at radius 1 is 1.53 bits per heavy atom. The van der Waals surface area contributed by atoms with E-state index < -0.39 is 0 Å². The van der Waals surface area contributed by atoms with E-state index >= 15 is 0 Å². The molecule has 0 radical (unpaired) electrons. The summed E-state index contributed by atoms with van der Waals surface area (Å²) in [6.45, 7) is 2.09. The van der Waals surface area contributed by atoms with Crippen LogP contribution in [0.2, 0.25) is 0 Å². The normalized spacial score (nSPS) is 10.5. The Kier molecular flexibility index (Phi) is 2.68. The monoisotopic (exact) mass is 220 g/mol. The summed E-state index contributed by atoms with van der Waals surface area (Å²) in [6.07, 6.45) is 4.33. The lowest BCUT2D eigenvalue weighted by Gasteiger charge is -1.91. The highest BCUT2D eigenvalue weighted by Gasteiger charge is 2.12. The third kappa shape index (κ3) is 1.99. The molecule has 0 spiro atoms. The third-order valence-corrected chi connectivity index (χ3v) is 3.43. The molecule has 3 nitrogen and oxygen atoms in total. The summed E-state index contributed by atoms with van der Waals surface area (Å²) >= 11 is 1.56. The van der Waals surface area contributed by atoms with Gasteiger partial charge in [-0.3, -0.25) is 9.48 Å². The summed E-state index contributed by atoms with van der Waals surface area (Å²) in [5, 5.41) is 3.99. The molecule has 2 heterocycles. The number of nitrogens with zero attached hydrogens (tertiary/aromatic N) is 2. The van der Waals surface area contributed by atoms with Gasteiger partial charge in [0.05, 0.1) is 16.6 Å². The topological polar surface area (TPSA) is 34.9 Å². The highest BCUT2D eigenvalue weighted by Crippen LogP contribution is 2.20. The van der Waals surface area contributed by atoms with Gasteiger partial charge in [0.1, 0.15) is 0 Å². The fourth-order valence-corrected chi connectivity index (χ4v) is 2.28. The van der Waals surface area contributed by atoms with Gasteiger partial charge in [0.2, 0.25) is 5.78 Å². The zero-order chi connectivity index (χ0) is 10.8. The Morgan fingerprint density at radius 2 is 2.33 bits per heavy atom. The highest BCUT2D eigenvalue weighted by molar-refractivity contribution is 7.14. The van der Waals surface area contributed by atoms with E-state index in [1.165, 1.54) is 4.88 Å². The maximum absolute atomic E-state index is 11.9. The summed E-state index contributed by atoms with van der Waals surface area (Å²) in [5.74, 6) is 0.0628. The number of ketones is 1. The molecule has 0 fully saturated rings. The molecule has 0 bridgehead atoms. The van der Waals surface area contributed by atoms with Gasteiger partial charge < -0.3 is 0 Å². The van der Waals surface area contributed by atoms with Crippen molar-refractivity contribution in [2.45, 2.75) is 13.3 Å². The molecule has 2 aromatic rings. The average molecular weight is 220 g/mol. The molecule has 0 unspecified atom stereocenters. The summed E-state index contributed by atoms with van der Waals surface area (Å²) in [7, 11) is 1.81. The molecule has 0 N–H and O–H groups in total. The van der Waals surface area contributed by atoms with Gasteiger partial charge in [-0.15, -0.1) is 11.3 Å². The minimum Gasteiger partial charge on any atom is -0.288 e. The third-order valence-electron chi connectivity index (χ3n) is 2.20. The molecule has 4 heteroatoms. The van der Waals surface area contributed by atoms with Crippen LogP contribution in [0.25, 0.3) is 0 Å². The van der Waals surface area contributed by atoms with Crippen molar-refractivity contribution < 1.29 is 4.79 Å². The van der Waals surface area contributed by atoms with Crippen LogP contribution < -0.4 is 0 Å². The van der Waals surface area contributed by atoms with E-state index in [0.29, 0.717) is 5.56 Å². The lowest BCUT2D eigenvalue weighted by molar-refractivity contribution is 0.104. The van der Waals surface area contributed by atoms with E-state index in [0.717, 1.165) is 11.3 Å². The number of aryl methyl sites for hydroxylation is 2. The van der Waals surface area contributed by atoms with E-state index in [4.69, 9.17) is 0 Å². The molecular formula is C11H12N2OS. The van der Waals surface area contributed by atoms with Gasteiger partial charge in [-0.2, -0.15) is 5.10 Å². The second kappa shape index (κ2) is 3.98. The summed E-state index contributed by atoms with van der Waals surface area (Å²) in [6, 6.07) is 3.90. The maximum Gasteiger partial charge on any atom is 0.206 e. The lowest BCUT2D eigenvalue weighted by Crippen LogP contribution is -1.96. The van der Waals surface area contributed by atoms with Gasteiger partial charge in [-0.1, -0.05) is 6.92 Å². The van der Waals surface area contributed by atoms with Crippen LogP contribution in [0, 0.1) is 0 Å². The standard InChI is InChI=1S/C11H12N2OS/c1-3-9-4-5-10(15-9)11(14)8-6-12-13(2)7-8/h4-7H,3H2,1-2H3. The Hall–Kier alpha value is -1.42. The van der Waals surface area contributed by atoms with Gasteiger partial charge in [0, 0.05) is 18.1 Å². The Bertz CT molecular complexity index is 484. The summed E-state index contributed by atoms with van der Waals surface area (Å²) < 4.78 is 1.64. The van der Waals surface area contributed by atoms with Gasteiger partial charge >= 0.3 is 0 Å². The molecule has 2 rings (SSSR count). The predicted octanol–water partition coefficient (Wildman–Crippen LogP) is 2.28. The number of hydrogen-bond acceptors (Lipinski definition) is 3. The molecule has 0 aliphatic rings. The van der Waals surface area contributed by atoms with Gasteiger partial charge in [0.15, 0.2) is 0 Å². The molecule has 15 heavy (non-hydrogen) atoms. The number of thiophene rings is 1. The fourth-order valence-electron chi connectivity index (χ4n) is 1.37. The predicted molar refractivity (Wildman–Crippen MR) is 60.3 cm³/mol. The Labute approximate surface area is 92.4 Å².